The molecule has 0 aliphatic rings. The predicted octanol–water partition coefficient (Wildman–Crippen LogP) is -0.268. The van der Waals surface area contributed by atoms with E-state index in [2.05, 4.69) is 9.72 Å². The highest BCUT2D eigenvalue weighted by atomic mass is 32.3. The van der Waals surface area contributed by atoms with Gasteiger partial charge in [-0.3, -0.25) is 0 Å². The van der Waals surface area contributed by atoms with Gasteiger partial charge in [-0.05, 0) is 0 Å². The smallest absolute Gasteiger partial charge is 0.404 e. The minimum atomic E-state index is -4.99. The highest BCUT2D eigenvalue weighted by Gasteiger charge is 2.21. The number of halogens is 1. The van der Waals surface area contributed by atoms with Gasteiger partial charge in [0.2, 0.25) is 5.82 Å². The molecule has 0 aliphatic heterocycles. The number of aromatic nitrogens is 2. The van der Waals surface area contributed by atoms with Gasteiger partial charge in [0.1, 0.15) is 0 Å². The lowest BCUT2D eigenvalue weighted by Gasteiger charge is -1.99. The number of hydrogen-bond donors (Lipinski definition) is 0. The summed E-state index contributed by atoms with van der Waals surface area (Å²) in [5.41, 5.74) is 0. The maximum absolute atomic E-state index is 12.4. The van der Waals surface area contributed by atoms with Crippen LogP contribution in [0.4, 0.5) is 3.89 Å². The molecule has 0 spiro atoms. The van der Waals surface area contributed by atoms with E-state index in [0.29, 0.717) is 0 Å². The molecule has 0 bridgehead atoms. The summed E-state index contributed by atoms with van der Waals surface area (Å²) in [6.07, 6.45) is 1.78. The molecule has 0 aromatic carbocycles. The molecule has 0 saturated carbocycles. The summed E-state index contributed by atoms with van der Waals surface area (Å²) >= 11 is 0. The van der Waals surface area contributed by atoms with Gasteiger partial charge in [0.05, 0.1) is 7.11 Å². The molecule has 72 valence electrons. The molecule has 1 heterocycles. The number of nitrogens with zero attached hydrogens (tertiary/aromatic N) is 2. The van der Waals surface area contributed by atoms with E-state index in [9.17, 15) is 17.1 Å². The van der Waals surface area contributed by atoms with Gasteiger partial charge in [-0.1, -0.05) is 3.89 Å². The highest BCUT2D eigenvalue weighted by Crippen LogP contribution is 2.05. The van der Waals surface area contributed by atoms with Crippen LogP contribution in [0.3, 0.4) is 0 Å². The van der Waals surface area contributed by atoms with Crippen LogP contribution in [0.25, 0.3) is 0 Å². The summed E-state index contributed by atoms with van der Waals surface area (Å²) < 4.78 is 37.4. The first-order valence-corrected chi connectivity index (χ1v) is 4.37. The Bertz CT molecular complexity index is 423. The van der Waals surface area contributed by atoms with Crippen molar-refractivity contribution in [1.82, 2.24) is 8.96 Å². The van der Waals surface area contributed by atoms with Gasteiger partial charge in [0, 0.05) is 12.4 Å². The molecule has 0 aliphatic carbocycles. The molecular weight excluding hydrogens is 203 g/mol. The van der Waals surface area contributed by atoms with Crippen molar-refractivity contribution >= 4 is 16.4 Å². The lowest BCUT2D eigenvalue weighted by atomic mass is 10.6. The zero-order chi connectivity index (χ0) is 10.1. The molecule has 0 atom stereocenters. The quantitative estimate of drug-likeness (QED) is 0.494. The van der Waals surface area contributed by atoms with Crippen LogP contribution in [0.2, 0.25) is 0 Å². The molecule has 13 heavy (non-hydrogen) atoms. The lowest BCUT2D eigenvalue weighted by molar-refractivity contribution is 0.0585. The molecule has 0 amide bonds. The zero-order valence-corrected chi connectivity index (χ0v) is 7.28. The minimum absolute atomic E-state index is 0.0961. The highest BCUT2D eigenvalue weighted by molar-refractivity contribution is 7.84. The van der Waals surface area contributed by atoms with Gasteiger partial charge in [-0.25, -0.2) is 9.78 Å². The van der Waals surface area contributed by atoms with Crippen LogP contribution in [0.1, 0.15) is 10.6 Å². The number of esters is 1. The van der Waals surface area contributed by atoms with Crippen molar-refractivity contribution in [1.29, 1.82) is 0 Å². The van der Waals surface area contributed by atoms with Gasteiger partial charge in [0.25, 0.3) is 0 Å². The van der Waals surface area contributed by atoms with E-state index in [4.69, 9.17) is 0 Å². The normalized spacial score (nSPS) is 11.2. The average molecular weight is 208 g/mol. The standard InChI is InChI=1S/C5H5FN2O4S/c1-12-5(9)4-7-2-3-8(4)13(6,10)11/h2-3H,1H3. The van der Waals surface area contributed by atoms with Crippen molar-refractivity contribution in [3.05, 3.63) is 18.2 Å². The van der Waals surface area contributed by atoms with Crippen LogP contribution in [0.15, 0.2) is 12.4 Å². The van der Waals surface area contributed by atoms with Gasteiger partial charge in [0.15, 0.2) is 0 Å². The Labute approximate surface area is 73.3 Å². The number of imidazole rings is 1. The van der Waals surface area contributed by atoms with E-state index in [1.807, 2.05) is 0 Å². The molecule has 0 radical (unpaired) electrons. The second-order valence-electron chi connectivity index (χ2n) is 1.98. The summed E-state index contributed by atoms with van der Waals surface area (Å²) in [6.45, 7) is 0. The Balaban J connectivity index is 3.26. The van der Waals surface area contributed by atoms with E-state index in [-0.39, 0.29) is 3.97 Å². The number of carbonyl (C=O) groups excluding carboxylic acids is 1. The van der Waals surface area contributed by atoms with E-state index in [1.165, 1.54) is 0 Å². The van der Waals surface area contributed by atoms with E-state index >= 15 is 0 Å². The molecule has 8 heteroatoms. The van der Waals surface area contributed by atoms with Crippen LogP contribution < -0.4 is 0 Å². The Kier molecular flexibility index (Phi) is 2.32. The summed E-state index contributed by atoms with van der Waals surface area (Å²) in [6, 6.07) is 0. The van der Waals surface area contributed by atoms with Crippen LogP contribution >= 0.6 is 0 Å². The maximum Gasteiger partial charge on any atom is 0.404 e. The fraction of sp³-hybridized carbons (Fsp3) is 0.200. The lowest BCUT2D eigenvalue weighted by Crippen LogP contribution is -2.15. The molecule has 0 saturated heterocycles. The third kappa shape index (κ3) is 1.83. The SMILES string of the molecule is COC(=O)c1nccn1S(=O)(=O)F. The molecule has 0 unspecified atom stereocenters. The Morgan fingerprint density at radius 2 is 2.31 bits per heavy atom. The van der Waals surface area contributed by atoms with Crippen LogP contribution in [-0.4, -0.2) is 30.5 Å². The molecule has 1 rings (SSSR count). The van der Waals surface area contributed by atoms with Crippen LogP contribution in [-0.2, 0) is 15.1 Å². The maximum atomic E-state index is 12.4. The summed E-state index contributed by atoms with van der Waals surface area (Å²) in [4.78, 5) is 14.1. The van der Waals surface area contributed by atoms with Crippen LogP contribution in [0.5, 0.6) is 0 Å². The van der Waals surface area contributed by atoms with E-state index in [1.54, 1.807) is 0 Å². The van der Waals surface area contributed by atoms with Gasteiger partial charge < -0.3 is 4.74 Å². The monoisotopic (exact) mass is 208 g/mol. The Morgan fingerprint density at radius 1 is 1.69 bits per heavy atom. The zero-order valence-electron chi connectivity index (χ0n) is 6.47. The van der Waals surface area contributed by atoms with Crippen LogP contribution in [0, 0.1) is 0 Å². The Hall–Kier alpha value is -1.44. The summed E-state index contributed by atoms with van der Waals surface area (Å²) in [5.74, 6) is -1.64. The molecule has 1 aromatic rings. The summed E-state index contributed by atoms with van der Waals surface area (Å²) in [5, 5.41) is 0. The molecular formula is C5H5FN2O4S. The number of hydrogen-bond acceptors (Lipinski definition) is 5. The van der Waals surface area contributed by atoms with Crippen molar-refractivity contribution in [2.75, 3.05) is 7.11 Å². The molecule has 0 N–H and O–H groups in total. The largest absolute Gasteiger partial charge is 0.463 e. The fourth-order valence-corrected chi connectivity index (χ4v) is 1.23. The number of carbonyl (C=O) groups is 1. The second kappa shape index (κ2) is 3.13. The van der Waals surface area contributed by atoms with E-state index in [0.717, 1.165) is 19.5 Å². The second-order valence-corrected chi connectivity index (χ2v) is 3.20. The van der Waals surface area contributed by atoms with Gasteiger partial charge in [-0.15, -0.1) is 0 Å². The van der Waals surface area contributed by atoms with Crippen molar-refractivity contribution < 1.29 is 21.8 Å². The van der Waals surface area contributed by atoms with E-state index < -0.39 is 22.2 Å². The summed E-state index contributed by atoms with van der Waals surface area (Å²) in [7, 11) is -3.96. The van der Waals surface area contributed by atoms with Crippen molar-refractivity contribution in [2.45, 2.75) is 0 Å². The average Bonchev–Trinajstić information content (AvgIpc) is 2.49. The number of methoxy groups -OCH3 is 1. The topological polar surface area (TPSA) is 78.3 Å². The first kappa shape index (κ1) is 9.65. The molecule has 6 nitrogen and oxygen atoms in total. The number of rotatable bonds is 2. The van der Waals surface area contributed by atoms with Gasteiger partial charge in [-0.2, -0.15) is 12.4 Å². The third-order valence-electron chi connectivity index (χ3n) is 1.21. The van der Waals surface area contributed by atoms with Gasteiger partial charge >= 0.3 is 16.4 Å². The number of ether oxygens (including phenoxy) is 1. The molecule has 0 fully saturated rings. The van der Waals surface area contributed by atoms with Crippen molar-refractivity contribution in [2.24, 2.45) is 0 Å². The Morgan fingerprint density at radius 3 is 2.77 bits per heavy atom. The predicted molar refractivity (Wildman–Crippen MR) is 39.0 cm³/mol. The third-order valence-corrected chi connectivity index (χ3v) is 1.98. The minimum Gasteiger partial charge on any atom is -0.463 e. The van der Waals surface area contributed by atoms with Crippen molar-refractivity contribution in [3.8, 4) is 0 Å². The van der Waals surface area contributed by atoms with Crippen molar-refractivity contribution in [3.63, 3.8) is 0 Å². The molecule has 1 aromatic heterocycles. The first-order valence-electron chi connectivity index (χ1n) is 3.03. The first-order chi connectivity index (χ1) is 5.96. The fourth-order valence-electron chi connectivity index (χ4n) is 0.702.